The molecule has 3 rings (SSSR count). The summed E-state index contributed by atoms with van der Waals surface area (Å²) < 4.78 is 0. The Kier molecular flexibility index (Phi) is 6.89. The lowest BCUT2D eigenvalue weighted by atomic mass is 9.96. The molecule has 0 bridgehead atoms. The van der Waals surface area contributed by atoms with Gasteiger partial charge in [0.05, 0.1) is 5.69 Å². The molecule has 0 saturated heterocycles. The predicted octanol–water partition coefficient (Wildman–Crippen LogP) is 3.39. The maximum atomic E-state index is 12.1. The first-order chi connectivity index (χ1) is 12.1. The zero-order valence-corrected chi connectivity index (χ0v) is 14.3. The minimum Gasteiger partial charge on any atom is -0.397 e. The van der Waals surface area contributed by atoms with E-state index in [1.54, 1.807) is 48.8 Å². The number of carbonyl (C=O) groups excluding carboxylic acids is 2. The number of nitrogens with two attached hydrogens (primary N) is 1. The molecule has 1 aliphatic rings. The van der Waals surface area contributed by atoms with Gasteiger partial charge in [0.1, 0.15) is 0 Å². The van der Waals surface area contributed by atoms with Gasteiger partial charge in [0.25, 0.3) is 5.91 Å². The fourth-order valence-electron chi connectivity index (χ4n) is 2.65. The van der Waals surface area contributed by atoms with Gasteiger partial charge in [-0.1, -0.05) is 29.8 Å². The van der Waals surface area contributed by atoms with Crippen molar-refractivity contribution in [2.24, 2.45) is 0 Å². The number of carbonyl (C=O) groups is 2. The van der Waals surface area contributed by atoms with E-state index < -0.39 is 0 Å². The Morgan fingerprint density at radius 1 is 1.28 bits per heavy atom. The molecule has 1 atom stereocenters. The summed E-state index contributed by atoms with van der Waals surface area (Å²) >= 11 is 0. The van der Waals surface area contributed by atoms with Gasteiger partial charge in [0, 0.05) is 29.6 Å². The van der Waals surface area contributed by atoms with Gasteiger partial charge in [-0.3, -0.25) is 14.6 Å². The summed E-state index contributed by atoms with van der Waals surface area (Å²) in [5.74, 6) is -0.173. The van der Waals surface area contributed by atoms with Gasteiger partial charge in [-0.2, -0.15) is 0 Å². The van der Waals surface area contributed by atoms with Crippen molar-refractivity contribution in [3.63, 3.8) is 0 Å². The fourth-order valence-corrected chi connectivity index (χ4v) is 2.65. The van der Waals surface area contributed by atoms with E-state index in [9.17, 15) is 9.59 Å². The molecule has 1 unspecified atom stereocenters. The summed E-state index contributed by atoms with van der Waals surface area (Å²) in [6, 6.07) is 10.5. The fraction of sp³-hybridized carbons (Fsp3) is 0.250. The van der Waals surface area contributed by atoms with Crippen molar-refractivity contribution in [3.05, 3.63) is 71.6 Å². The van der Waals surface area contributed by atoms with E-state index in [0.717, 1.165) is 25.5 Å². The van der Waals surface area contributed by atoms with E-state index in [-0.39, 0.29) is 11.9 Å². The van der Waals surface area contributed by atoms with Crippen LogP contribution in [0.3, 0.4) is 0 Å². The summed E-state index contributed by atoms with van der Waals surface area (Å²) in [6.45, 7) is 2.08. The monoisotopic (exact) mass is 337 g/mol. The van der Waals surface area contributed by atoms with Crippen LogP contribution in [0.15, 0.2) is 60.4 Å². The molecule has 0 saturated carbocycles. The lowest BCUT2D eigenvalue weighted by Crippen LogP contribution is -2.35. The second-order valence-electron chi connectivity index (χ2n) is 5.98. The van der Waals surface area contributed by atoms with Crippen LogP contribution in [0.5, 0.6) is 0 Å². The highest BCUT2D eigenvalue weighted by molar-refractivity contribution is 6.01. The van der Waals surface area contributed by atoms with Crippen LogP contribution in [-0.2, 0) is 0 Å². The lowest BCUT2D eigenvalue weighted by Gasteiger charge is -2.21. The van der Waals surface area contributed by atoms with Crippen molar-refractivity contribution >= 4 is 17.9 Å². The number of anilines is 1. The molecule has 0 fully saturated rings. The van der Waals surface area contributed by atoms with Crippen LogP contribution in [0, 0.1) is 0 Å². The predicted molar refractivity (Wildman–Crippen MR) is 99.3 cm³/mol. The summed E-state index contributed by atoms with van der Waals surface area (Å²) in [5, 5.41) is 2.97. The van der Waals surface area contributed by atoms with Crippen LogP contribution in [-0.4, -0.2) is 23.2 Å². The van der Waals surface area contributed by atoms with Gasteiger partial charge in [-0.15, -0.1) is 0 Å². The molecule has 1 aliphatic carbocycles. The highest BCUT2D eigenvalue weighted by atomic mass is 16.2. The molecule has 130 valence electrons. The number of aromatic nitrogens is 1. The zero-order valence-electron chi connectivity index (χ0n) is 14.3. The Labute approximate surface area is 148 Å². The highest BCUT2D eigenvalue weighted by Crippen LogP contribution is 2.17. The molecule has 5 heteroatoms. The van der Waals surface area contributed by atoms with Crippen LogP contribution in [0.1, 0.15) is 46.9 Å². The van der Waals surface area contributed by atoms with Crippen molar-refractivity contribution in [1.82, 2.24) is 10.3 Å². The third-order valence-corrected chi connectivity index (χ3v) is 3.91. The maximum absolute atomic E-state index is 12.1. The zero-order chi connectivity index (χ0) is 18.1. The Morgan fingerprint density at radius 2 is 2.08 bits per heavy atom. The number of nitrogen functional groups attached to an aromatic ring is 1. The summed E-state index contributed by atoms with van der Waals surface area (Å²) in [6.07, 6.45) is 9.30. The number of benzene rings is 1. The third-order valence-electron chi connectivity index (χ3n) is 3.91. The number of pyridine rings is 1. The first-order valence-corrected chi connectivity index (χ1v) is 8.28. The van der Waals surface area contributed by atoms with Crippen LogP contribution >= 0.6 is 0 Å². The maximum Gasteiger partial charge on any atom is 0.252 e. The number of nitrogens with one attached hydrogen (secondary N) is 1. The van der Waals surface area contributed by atoms with Gasteiger partial charge in [0.15, 0.2) is 6.29 Å². The molecule has 1 amide bonds. The number of aldehydes is 1. The molecule has 0 spiro atoms. The molecule has 25 heavy (non-hydrogen) atoms. The lowest BCUT2D eigenvalue weighted by molar-refractivity contribution is 0.0936. The quantitative estimate of drug-likeness (QED) is 0.664. The van der Waals surface area contributed by atoms with E-state index in [1.165, 1.54) is 5.57 Å². The van der Waals surface area contributed by atoms with Crippen LogP contribution in [0.4, 0.5) is 5.69 Å². The molecule has 0 radical (unpaired) electrons. The van der Waals surface area contributed by atoms with Crippen molar-refractivity contribution in [3.8, 4) is 0 Å². The molecule has 1 aromatic carbocycles. The number of amides is 1. The van der Waals surface area contributed by atoms with Crippen LogP contribution in [0.25, 0.3) is 0 Å². The van der Waals surface area contributed by atoms with E-state index in [4.69, 9.17) is 5.73 Å². The van der Waals surface area contributed by atoms with Crippen molar-refractivity contribution in [2.45, 2.75) is 32.2 Å². The van der Waals surface area contributed by atoms with Gasteiger partial charge >= 0.3 is 0 Å². The number of hydrogen-bond acceptors (Lipinski definition) is 4. The Bertz CT molecular complexity index is 742. The van der Waals surface area contributed by atoms with Crippen LogP contribution in [0.2, 0.25) is 0 Å². The second kappa shape index (κ2) is 9.37. The average Bonchev–Trinajstić information content (AvgIpc) is 2.63. The van der Waals surface area contributed by atoms with Gasteiger partial charge < -0.3 is 11.1 Å². The molecular formula is C20H23N3O2. The molecular weight excluding hydrogens is 314 g/mol. The molecule has 0 aliphatic heterocycles. The minimum absolute atomic E-state index is 0.0889. The van der Waals surface area contributed by atoms with E-state index >= 15 is 0 Å². The molecule has 2 aromatic rings. The molecule has 1 aromatic heterocycles. The summed E-state index contributed by atoms with van der Waals surface area (Å²) in [5.41, 5.74) is 8.21. The van der Waals surface area contributed by atoms with Gasteiger partial charge in [-0.05, 0) is 44.4 Å². The van der Waals surface area contributed by atoms with Crippen molar-refractivity contribution in [2.75, 3.05) is 5.73 Å². The second-order valence-corrected chi connectivity index (χ2v) is 5.98. The Morgan fingerprint density at radius 3 is 2.68 bits per heavy atom. The van der Waals surface area contributed by atoms with Crippen LogP contribution < -0.4 is 11.1 Å². The van der Waals surface area contributed by atoms with Crippen molar-refractivity contribution in [1.29, 1.82) is 0 Å². The average molecular weight is 337 g/mol. The summed E-state index contributed by atoms with van der Waals surface area (Å²) in [4.78, 5) is 26.7. The minimum atomic E-state index is -0.173. The number of nitrogens with zero attached hydrogens (tertiary/aromatic N) is 1. The summed E-state index contributed by atoms with van der Waals surface area (Å²) in [7, 11) is 0. The standard InChI is InChI=1S/C15H17NO2.C5H6N2/c1-11-5-4-7-13(9-11)16-15(18)14-8-3-2-6-12(14)10-17;6-5-2-1-3-7-4-5/h2-3,6,8-10,13H,4-5,7H2,1H3,(H,16,18);1-4H,6H2. The molecule has 5 nitrogen and oxygen atoms in total. The highest BCUT2D eigenvalue weighted by Gasteiger charge is 2.16. The van der Waals surface area contributed by atoms with E-state index in [1.807, 2.05) is 0 Å². The number of rotatable bonds is 3. The molecule has 3 N–H and O–H groups in total. The van der Waals surface area contributed by atoms with Gasteiger partial charge in [-0.25, -0.2) is 0 Å². The first kappa shape index (κ1) is 18.4. The Hall–Kier alpha value is -2.95. The van der Waals surface area contributed by atoms with E-state index in [0.29, 0.717) is 16.8 Å². The van der Waals surface area contributed by atoms with Crippen molar-refractivity contribution < 1.29 is 9.59 Å². The molecule has 1 heterocycles. The SMILES string of the molecule is CC1=CC(NC(=O)c2ccccc2C=O)CCC1.Nc1cccnc1. The number of hydrogen-bond donors (Lipinski definition) is 2. The smallest absolute Gasteiger partial charge is 0.252 e. The third kappa shape index (κ3) is 5.88. The first-order valence-electron chi connectivity index (χ1n) is 8.28. The normalized spacial score (nSPS) is 16.0. The number of allylic oxidation sites excluding steroid dienone is 1. The topological polar surface area (TPSA) is 85.1 Å². The van der Waals surface area contributed by atoms with E-state index in [2.05, 4.69) is 23.3 Å². The largest absolute Gasteiger partial charge is 0.397 e. The van der Waals surface area contributed by atoms with Gasteiger partial charge in [0.2, 0.25) is 0 Å². The Balaban J connectivity index is 0.000000269.